The van der Waals surface area contributed by atoms with Gasteiger partial charge in [-0.25, -0.2) is 4.39 Å². The molecular formula is C18H23FN2. The van der Waals surface area contributed by atoms with Crippen LogP contribution in [0.2, 0.25) is 0 Å². The molecule has 1 aromatic rings. The van der Waals surface area contributed by atoms with Gasteiger partial charge in [-0.15, -0.1) is 0 Å². The predicted molar refractivity (Wildman–Crippen MR) is 83.1 cm³/mol. The van der Waals surface area contributed by atoms with Crippen molar-refractivity contribution in [2.24, 2.45) is 17.6 Å². The molecule has 0 bridgehead atoms. The molecule has 0 saturated heterocycles. The molecule has 2 nitrogen and oxygen atoms in total. The van der Waals surface area contributed by atoms with Crippen LogP contribution in [0, 0.1) is 29.5 Å². The minimum atomic E-state index is -0.143. The third-order valence-electron chi connectivity index (χ3n) is 4.21. The number of hydrogen-bond donors (Lipinski definition) is 1. The maximum absolute atomic E-state index is 14.2. The second-order valence-corrected chi connectivity index (χ2v) is 6.39. The monoisotopic (exact) mass is 286 g/mol. The molecule has 0 spiro atoms. The smallest absolute Gasteiger partial charge is 0.128 e. The Morgan fingerprint density at radius 1 is 1.14 bits per heavy atom. The summed E-state index contributed by atoms with van der Waals surface area (Å²) < 4.78 is 14.2. The van der Waals surface area contributed by atoms with Crippen LogP contribution in [0.4, 0.5) is 4.39 Å². The van der Waals surface area contributed by atoms with Gasteiger partial charge in [-0.3, -0.25) is 4.90 Å². The molecule has 3 heteroatoms. The van der Waals surface area contributed by atoms with Crippen LogP contribution in [-0.4, -0.2) is 24.5 Å². The Morgan fingerprint density at radius 2 is 1.81 bits per heavy atom. The van der Waals surface area contributed by atoms with E-state index in [0.29, 0.717) is 12.1 Å². The van der Waals surface area contributed by atoms with Gasteiger partial charge >= 0.3 is 0 Å². The van der Waals surface area contributed by atoms with Crippen LogP contribution in [0.5, 0.6) is 0 Å². The van der Waals surface area contributed by atoms with E-state index in [0.717, 1.165) is 37.0 Å². The molecule has 2 aliphatic carbocycles. The quantitative estimate of drug-likeness (QED) is 0.815. The first-order valence-electron chi connectivity index (χ1n) is 7.94. The fourth-order valence-corrected chi connectivity index (χ4v) is 2.68. The van der Waals surface area contributed by atoms with E-state index >= 15 is 0 Å². The topological polar surface area (TPSA) is 29.3 Å². The fourth-order valence-electron chi connectivity index (χ4n) is 2.68. The highest BCUT2D eigenvalue weighted by atomic mass is 19.1. The van der Waals surface area contributed by atoms with Crippen molar-refractivity contribution >= 4 is 0 Å². The van der Waals surface area contributed by atoms with Crippen molar-refractivity contribution in [3.05, 3.63) is 35.1 Å². The number of nitrogens with two attached hydrogens (primary N) is 1. The van der Waals surface area contributed by atoms with Crippen LogP contribution >= 0.6 is 0 Å². The SMILES string of the molecule is NCC#Cc1ccc(CN(CC2CC2)CC2CC2)c(F)c1. The van der Waals surface area contributed by atoms with Crippen molar-refractivity contribution in [3.63, 3.8) is 0 Å². The number of benzene rings is 1. The van der Waals surface area contributed by atoms with Gasteiger partial charge in [-0.2, -0.15) is 0 Å². The van der Waals surface area contributed by atoms with Gasteiger partial charge in [-0.05, 0) is 49.7 Å². The van der Waals surface area contributed by atoms with E-state index in [-0.39, 0.29) is 5.82 Å². The van der Waals surface area contributed by atoms with Crippen LogP contribution in [0.25, 0.3) is 0 Å². The third kappa shape index (κ3) is 4.56. The molecule has 0 unspecified atom stereocenters. The van der Waals surface area contributed by atoms with Crippen molar-refractivity contribution < 1.29 is 4.39 Å². The Labute approximate surface area is 126 Å². The molecule has 3 rings (SSSR count). The van der Waals surface area contributed by atoms with Crippen molar-refractivity contribution in [2.75, 3.05) is 19.6 Å². The zero-order valence-electron chi connectivity index (χ0n) is 12.4. The van der Waals surface area contributed by atoms with E-state index < -0.39 is 0 Å². The van der Waals surface area contributed by atoms with Gasteiger partial charge in [0.1, 0.15) is 5.82 Å². The normalized spacial score (nSPS) is 17.7. The molecule has 0 radical (unpaired) electrons. The maximum atomic E-state index is 14.2. The molecule has 0 aromatic heterocycles. The zero-order chi connectivity index (χ0) is 14.7. The molecular weight excluding hydrogens is 263 g/mol. The molecule has 2 fully saturated rings. The molecule has 2 saturated carbocycles. The summed E-state index contributed by atoms with van der Waals surface area (Å²) in [7, 11) is 0. The van der Waals surface area contributed by atoms with Crippen LogP contribution in [0.15, 0.2) is 18.2 Å². The summed E-state index contributed by atoms with van der Waals surface area (Å²) in [6.07, 6.45) is 5.38. The molecule has 0 aliphatic heterocycles. The number of nitrogens with zero attached hydrogens (tertiary/aromatic N) is 1. The first-order valence-corrected chi connectivity index (χ1v) is 7.94. The van der Waals surface area contributed by atoms with Crippen LogP contribution < -0.4 is 5.73 Å². The Bertz CT molecular complexity index is 536. The first kappa shape index (κ1) is 14.6. The Hall–Kier alpha value is -1.37. The Kier molecular flexibility index (Phi) is 4.57. The zero-order valence-corrected chi connectivity index (χ0v) is 12.4. The summed E-state index contributed by atoms with van der Waals surface area (Å²) in [5.41, 5.74) is 6.83. The van der Waals surface area contributed by atoms with Crippen LogP contribution in [-0.2, 0) is 6.54 Å². The second-order valence-electron chi connectivity index (χ2n) is 6.39. The van der Waals surface area contributed by atoms with Gasteiger partial charge in [0.05, 0.1) is 6.54 Å². The van der Waals surface area contributed by atoms with E-state index in [9.17, 15) is 4.39 Å². The standard InChI is InChI=1S/C18H23FN2/c19-18-10-14(2-1-9-20)7-8-17(18)13-21(11-15-3-4-15)12-16-5-6-16/h7-8,10,15-16H,3-6,9,11-13,20H2. The van der Waals surface area contributed by atoms with E-state index in [2.05, 4.69) is 16.7 Å². The summed E-state index contributed by atoms with van der Waals surface area (Å²) in [5.74, 6) is 7.20. The van der Waals surface area contributed by atoms with Gasteiger partial charge in [0.2, 0.25) is 0 Å². The molecule has 0 amide bonds. The minimum absolute atomic E-state index is 0.143. The molecule has 2 N–H and O–H groups in total. The van der Waals surface area contributed by atoms with Crippen LogP contribution in [0.1, 0.15) is 36.8 Å². The highest BCUT2D eigenvalue weighted by Gasteiger charge is 2.29. The number of halogens is 1. The molecule has 21 heavy (non-hydrogen) atoms. The molecule has 2 aliphatic rings. The van der Waals surface area contributed by atoms with Crippen molar-refractivity contribution in [3.8, 4) is 11.8 Å². The summed E-state index contributed by atoms with van der Waals surface area (Å²) in [6, 6.07) is 5.31. The van der Waals surface area contributed by atoms with Gasteiger partial charge < -0.3 is 5.73 Å². The van der Waals surface area contributed by atoms with E-state index in [1.165, 1.54) is 31.7 Å². The van der Waals surface area contributed by atoms with Crippen molar-refractivity contribution in [2.45, 2.75) is 32.2 Å². The summed E-state index contributed by atoms with van der Waals surface area (Å²) in [5, 5.41) is 0. The van der Waals surface area contributed by atoms with E-state index in [4.69, 9.17) is 5.73 Å². The van der Waals surface area contributed by atoms with Crippen molar-refractivity contribution in [1.29, 1.82) is 0 Å². The fraction of sp³-hybridized carbons (Fsp3) is 0.556. The lowest BCUT2D eigenvalue weighted by atomic mass is 10.1. The second kappa shape index (κ2) is 6.60. The molecule has 0 atom stereocenters. The summed E-state index contributed by atoms with van der Waals surface area (Å²) >= 11 is 0. The van der Waals surface area contributed by atoms with Crippen LogP contribution in [0.3, 0.4) is 0 Å². The Morgan fingerprint density at radius 3 is 2.33 bits per heavy atom. The molecule has 0 heterocycles. The van der Waals surface area contributed by atoms with Crippen molar-refractivity contribution in [1.82, 2.24) is 4.90 Å². The van der Waals surface area contributed by atoms with E-state index in [1.54, 1.807) is 0 Å². The first-order chi connectivity index (χ1) is 10.2. The van der Waals surface area contributed by atoms with E-state index in [1.807, 2.05) is 12.1 Å². The number of rotatable bonds is 6. The molecule has 1 aromatic carbocycles. The number of hydrogen-bond acceptors (Lipinski definition) is 2. The maximum Gasteiger partial charge on any atom is 0.128 e. The molecule has 112 valence electrons. The Balaban J connectivity index is 1.65. The lowest BCUT2D eigenvalue weighted by Gasteiger charge is -2.22. The summed E-state index contributed by atoms with van der Waals surface area (Å²) in [6.45, 7) is 3.29. The highest BCUT2D eigenvalue weighted by molar-refractivity contribution is 5.37. The lowest BCUT2D eigenvalue weighted by Crippen LogP contribution is -2.28. The highest BCUT2D eigenvalue weighted by Crippen LogP contribution is 2.34. The van der Waals surface area contributed by atoms with Gasteiger partial charge in [-0.1, -0.05) is 17.9 Å². The third-order valence-corrected chi connectivity index (χ3v) is 4.21. The lowest BCUT2D eigenvalue weighted by molar-refractivity contribution is 0.241. The minimum Gasteiger partial charge on any atom is -0.320 e. The predicted octanol–water partition coefficient (Wildman–Crippen LogP) is 2.76. The van der Waals surface area contributed by atoms with Gasteiger partial charge in [0.15, 0.2) is 0 Å². The van der Waals surface area contributed by atoms with Gasteiger partial charge in [0, 0.05) is 30.8 Å². The average Bonchev–Trinajstić information content (AvgIpc) is 3.35. The largest absolute Gasteiger partial charge is 0.320 e. The van der Waals surface area contributed by atoms with Gasteiger partial charge in [0.25, 0.3) is 0 Å². The average molecular weight is 286 g/mol. The summed E-state index contributed by atoms with van der Waals surface area (Å²) in [4.78, 5) is 2.44.